The van der Waals surface area contributed by atoms with Crippen molar-refractivity contribution in [1.82, 2.24) is 4.90 Å². The summed E-state index contributed by atoms with van der Waals surface area (Å²) in [5, 5.41) is 0. The monoisotopic (exact) mass is 391 g/mol. The van der Waals surface area contributed by atoms with E-state index in [9.17, 15) is 4.79 Å². The number of nitrogens with zero attached hydrogens (tertiary/aromatic N) is 2. The molecule has 2 spiro atoms. The number of nitrogens with two attached hydrogens (primary N) is 1. The Kier molecular flexibility index (Phi) is 4.01. The molecule has 150 valence electrons. The van der Waals surface area contributed by atoms with Crippen molar-refractivity contribution in [2.75, 3.05) is 14.2 Å². The number of likely N-dealkylation sites (N-methyl/N-ethyl adjacent to an activating group) is 1. The largest absolute Gasteiger partial charge is 0.483 e. The van der Waals surface area contributed by atoms with Crippen LogP contribution in [0.25, 0.3) is 0 Å². The van der Waals surface area contributed by atoms with Gasteiger partial charge >= 0.3 is 0 Å². The van der Waals surface area contributed by atoms with Gasteiger partial charge in [0.1, 0.15) is 11.4 Å². The van der Waals surface area contributed by atoms with Gasteiger partial charge < -0.3 is 15.2 Å². The summed E-state index contributed by atoms with van der Waals surface area (Å²) in [7, 11) is 3.42. The molecule has 2 aliphatic carbocycles. The van der Waals surface area contributed by atoms with Gasteiger partial charge in [0, 0.05) is 25.6 Å². The number of hydrogen-bond donors (Lipinski definition) is 1. The second kappa shape index (κ2) is 6.36. The van der Waals surface area contributed by atoms with Gasteiger partial charge in [0.25, 0.3) is 5.91 Å². The van der Waals surface area contributed by atoms with Crippen LogP contribution in [0.15, 0.2) is 46.8 Å². The van der Waals surface area contributed by atoms with Gasteiger partial charge in [-0.25, -0.2) is 4.99 Å². The van der Waals surface area contributed by atoms with E-state index >= 15 is 0 Å². The molecule has 1 saturated carbocycles. The van der Waals surface area contributed by atoms with Gasteiger partial charge in [-0.2, -0.15) is 0 Å². The van der Waals surface area contributed by atoms with Gasteiger partial charge in [0.15, 0.2) is 5.96 Å². The zero-order valence-corrected chi connectivity index (χ0v) is 16.8. The van der Waals surface area contributed by atoms with Crippen LogP contribution in [0.4, 0.5) is 0 Å². The number of carbonyl (C=O) groups is 1. The van der Waals surface area contributed by atoms with E-state index in [2.05, 4.69) is 23.6 Å². The lowest BCUT2D eigenvalue weighted by Gasteiger charge is -2.43. The molecule has 2 aliphatic heterocycles. The van der Waals surface area contributed by atoms with Crippen molar-refractivity contribution < 1.29 is 14.3 Å². The fourth-order valence-corrected chi connectivity index (χ4v) is 5.24. The smallest absolute Gasteiger partial charge is 0.266 e. The SMILES string of the molecule is COC1CCC2(CC1)Oc1ccc(C3C=C=C=CC3)cc1C21N=C(N)N(C)C1=O. The van der Waals surface area contributed by atoms with Crippen LogP contribution in [0, 0.1) is 0 Å². The lowest BCUT2D eigenvalue weighted by Crippen LogP contribution is -2.57. The lowest BCUT2D eigenvalue weighted by molar-refractivity contribution is -0.140. The van der Waals surface area contributed by atoms with Crippen LogP contribution in [0.1, 0.15) is 49.1 Å². The van der Waals surface area contributed by atoms with Crippen LogP contribution in [-0.4, -0.2) is 42.6 Å². The first-order chi connectivity index (χ1) is 14.0. The molecule has 6 heteroatoms. The lowest BCUT2D eigenvalue weighted by atomic mass is 9.67. The molecule has 0 saturated heterocycles. The molecule has 1 fully saturated rings. The third-order valence-electron chi connectivity index (χ3n) is 6.94. The van der Waals surface area contributed by atoms with Crippen molar-refractivity contribution in [2.45, 2.75) is 55.3 Å². The maximum Gasteiger partial charge on any atom is 0.266 e. The third kappa shape index (κ3) is 2.40. The second-order valence-electron chi connectivity index (χ2n) is 8.33. The van der Waals surface area contributed by atoms with Crippen molar-refractivity contribution >= 4 is 11.9 Å². The Labute approximate surface area is 170 Å². The van der Waals surface area contributed by atoms with Gasteiger partial charge in [-0.15, -0.1) is 0 Å². The Morgan fingerprint density at radius 3 is 2.72 bits per heavy atom. The van der Waals surface area contributed by atoms with E-state index in [1.165, 1.54) is 4.90 Å². The minimum absolute atomic E-state index is 0.110. The highest BCUT2D eigenvalue weighted by atomic mass is 16.5. The van der Waals surface area contributed by atoms with Crippen molar-refractivity contribution in [2.24, 2.45) is 10.7 Å². The van der Waals surface area contributed by atoms with E-state index in [1.807, 2.05) is 18.2 Å². The number of allylic oxidation sites excluding steroid dienone is 2. The normalized spacial score (nSPS) is 34.8. The highest BCUT2D eigenvalue weighted by molar-refractivity contribution is 6.08. The number of ether oxygens (including phenoxy) is 2. The van der Waals surface area contributed by atoms with Crippen LogP contribution in [0.3, 0.4) is 0 Å². The molecule has 0 aromatic heterocycles. The molecular formula is C23H25N3O3. The molecule has 4 aliphatic rings. The fourth-order valence-electron chi connectivity index (χ4n) is 5.24. The van der Waals surface area contributed by atoms with Gasteiger partial charge in [-0.1, -0.05) is 17.5 Å². The molecule has 0 bridgehead atoms. The molecule has 0 radical (unpaired) electrons. The summed E-state index contributed by atoms with van der Waals surface area (Å²) in [6, 6.07) is 6.14. The molecule has 1 aromatic carbocycles. The number of rotatable bonds is 2. The van der Waals surface area contributed by atoms with Crippen LogP contribution < -0.4 is 10.5 Å². The first kappa shape index (κ1) is 18.3. The zero-order chi connectivity index (χ0) is 20.2. The Morgan fingerprint density at radius 1 is 1.31 bits per heavy atom. The minimum atomic E-state index is -1.13. The molecule has 1 amide bonds. The molecule has 2 heterocycles. The van der Waals surface area contributed by atoms with E-state index in [0.29, 0.717) is 12.8 Å². The standard InChI is InChI=1S/C23H25N3O3/c1-26-20(27)23(25-21(26)24)18-14-16(15-6-4-3-5-7-15)8-9-19(18)29-22(23)12-10-17(28-2)11-13-22/h4,7-9,14-15,17H,6,10-13H2,1-2H3,(H2,24,25). The van der Waals surface area contributed by atoms with Crippen LogP contribution in [0.5, 0.6) is 5.75 Å². The average Bonchev–Trinajstić information content (AvgIpc) is 3.15. The predicted octanol–water partition coefficient (Wildman–Crippen LogP) is 2.74. The van der Waals surface area contributed by atoms with Gasteiger partial charge in [0.2, 0.25) is 5.54 Å². The number of amides is 1. The summed E-state index contributed by atoms with van der Waals surface area (Å²) in [4.78, 5) is 19.9. The van der Waals surface area contributed by atoms with Crippen LogP contribution in [-0.2, 0) is 15.1 Å². The maximum atomic E-state index is 13.6. The fraction of sp³-hybridized carbons (Fsp3) is 0.478. The number of fused-ring (bicyclic) bond motifs is 3. The molecule has 6 nitrogen and oxygen atoms in total. The summed E-state index contributed by atoms with van der Waals surface area (Å²) >= 11 is 0. The number of hydrogen-bond acceptors (Lipinski definition) is 5. The Bertz CT molecular complexity index is 1010. The predicted molar refractivity (Wildman–Crippen MR) is 109 cm³/mol. The zero-order valence-electron chi connectivity index (χ0n) is 16.8. The molecule has 1 aromatic rings. The van der Waals surface area contributed by atoms with E-state index < -0.39 is 11.1 Å². The van der Waals surface area contributed by atoms with Crippen molar-refractivity contribution in [3.8, 4) is 5.75 Å². The van der Waals surface area contributed by atoms with Crippen LogP contribution in [0.2, 0.25) is 0 Å². The highest BCUT2D eigenvalue weighted by Crippen LogP contribution is 2.58. The van der Waals surface area contributed by atoms with E-state index in [4.69, 9.17) is 20.2 Å². The summed E-state index contributed by atoms with van der Waals surface area (Å²) in [6.45, 7) is 0. The topological polar surface area (TPSA) is 77.2 Å². The molecule has 2 N–H and O–H groups in total. The number of methoxy groups -OCH3 is 1. The van der Waals surface area contributed by atoms with Gasteiger partial charge in [0.05, 0.1) is 6.10 Å². The van der Waals surface area contributed by atoms with Crippen LogP contribution >= 0.6 is 0 Å². The third-order valence-corrected chi connectivity index (χ3v) is 6.94. The summed E-state index contributed by atoms with van der Waals surface area (Å²) in [6.07, 6.45) is 8.09. The molecule has 2 atom stereocenters. The molecular weight excluding hydrogens is 366 g/mol. The Balaban J connectivity index is 1.65. The van der Waals surface area contributed by atoms with E-state index in [-0.39, 0.29) is 23.9 Å². The van der Waals surface area contributed by atoms with E-state index in [0.717, 1.165) is 36.1 Å². The molecule has 5 rings (SSSR count). The molecule has 2 unspecified atom stereocenters. The van der Waals surface area contributed by atoms with Gasteiger partial charge in [-0.3, -0.25) is 9.69 Å². The van der Waals surface area contributed by atoms with Crippen molar-refractivity contribution in [1.29, 1.82) is 0 Å². The number of benzene rings is 1. The number of carbonyl (C=O) groups excluding carboxylic acids is 1. The average molecular weight is 391 g/mol. The summed E-state index contributed by atoms with van der Waals surface area (Å²) in [5.41, 5.74) is 12.3. The minimum Gasteiger partial charge on any atom is -0.483 e. The Hall–Kier alpha value is -2.78. The highest BCUT2D eigenvalue weighted by Gasteiger charge is 2.68. The summed E-state index contributed by atoms with van der Waals surface area (Å²) in [5.74, 6) is 1.07. The summed E-state index contributed by atoms with van der Waals surface area (Å²) < 4.78 is 12.1. The maximum absolute atomic E-state index is 13.6. The van der Waals surface area contributed by atoms with E-state index in [1.54, 1.807) is 14.2 Å². The van der Waals surface area contributed by atoms with Crippen molar-refractivity contribution in [3.63, 3.8) is 0 Å². The Morgan fingerprint density at radius 2 is 2.10 bits per heavy atom. The van der Waals surface area contributed by atoms with Crippen molar-refractivity contribution in [3.05, 3.63) is 52.9 Å². The van der Waals surface area contributed by atoms with Gasteiger partial charge in [-0.05, 0) is 62.0 Å². The first-order valence-corrected chi connectivity index (χ1v) is 10.2. The number of guanidine groups is 1. The quantitative estimate of drug-likeness (QED) is 0.787. The molecule has 29 heavy (non-hydrogen) atoms. The number of aliphatic imine (C=N–C) groups is 1. The second-order valence-corrected chi connectivity index (χ2v) is 8.33. The first-order valence-electron chi connectivity index (χ1n) is 10.2.